The van der Waals surface area contributed by atoms with Gasteiger partial charge >= 0.3 is 0 Å². The lowest BCUT2D eigenvalue weighted by atomic mass is 10.8. The number of hydrogen-bond acceptors (Lipinski definition) is 2. The molecule has 1 aromatic heterocycles. The van der Waals surface area contributed by atoms with Gasteiger partial charge in [-0.1, -0.05) is 0 Å². The highest BCUT2D eigenvalue weighted by Gasteiger charge is 1.59. The Labute approximate surface area is 47.6 Å². The highest BCUT2D eigenvalue weighted by molar-refractivity contribution is 7.59. The fourth-order valence-electron chi connectivity index (χ4n) is 0.176. The molecule has 34 valence electrons. The van der Waals surface area contributed by atoms with Gasteiger partial charge in [0.25, 0.3) is 0 Å². The van der Waals surface area contributed by atoms with Crippen LogP contribution >= 0.6 is 25.0 Å². The van der Waals surface area contributed by atoms with Crippen molar-refractivity contribution in [3.63, 3.8) is 0 Å². The minimum Gasteiger partial charge on any atom is -0.201 e. The van der Waals surface area contributed by atoms with E-state index in [1.165, 1.54) is 11.5 Å². The van der Waals surface area contributed by atoms with E-state index in [0.29, 0.717) is 0 Å². The molecule has 1 nitrogen and oxygen atoms in total. The van der Waals surface area contributed by atoms with E-state index in [0.717, 1.165) is 0 Å². The maximum Gasteiger partial charge on any atom is 0.0406 e. The zero-order valence-corrected chi connectivity index (χ0v) is 4.90. The van der Waals surface area contributed by atoms with Crippen molar-refractivity contribution in [2.45, 2.75) is 0 Å². The van der Waals surface area contributed by atoms with Crippen LogP contribution in [0.25, 0.3) is 0 Å². The van der Waals surface area contributed by atoms with E-state index in [1.807, 2.05) is 11.4 Å². The summed E-state index contributed by atoms with van der Waals surface area (Å²) in [5, 5.41) is 1.93. The van der Waals surface area contributed by atoms with Crippen LogP contribution in [0.3, 0.4) is 0 Å². The van der Waals surface area contributed by atoms with Crippen molar-refractivity contribution < 1.29 is 0 Å². The Bertz CT molecular complexity index is 65.3. The minimum absolute atomic E-state index is 0. The van der Waals surface area contributed by atoms with E-state index in [2.05, 4.69) is 4.37 Å². The average Bonchev–Trinajstić information content (AvgIpc) is 1.76. The van der Waals surface area contributed by atoms with Crippen LogP contribution in [0.15, 0.2) is 17.6 Å². The summed E-state index contributed by atoms with van der Waals surface area (Å²) in [7, 11) is 0. The summed E-state index contributed by atoms with van der Waals surface area (Å²) in [6.45, 7) is 0. The summed E-state index contributed by atoms with van der Waals surface area (Å²) < 4.78 is 3.76. The topological polar surface area (TPSA) is 12.9 Å². The highest BCUT2D eigenvalue weighted by Crippen LogP contribution is 1.83. The highest BCUT2D eigenvalue weighted by atomic mass is 32.1. The Balaban J connectivity index is 0.000000250. The summed E-state index contributed by atoms with van der Waals surface area (Å²) in [6, 6.07) is 1.91. The zero-order chi connectivity index (χ0) is 3.54. The zero-order valence-electron chi connectivity index (χ0n) is 3.09. The van der Waals surface area contributed by atoms with Gasteiger partial charge in [-0.2, -0.15) is 13.5 Å². The van der Waals surface area contributed by atoms with Crippen LogP contribution in [0.5, 0.6) is 0 Å². The molecular formula is C3H5NS2. The standard InChI is InChI=1S/C3H3NS.H2S/c1-2-4-5-3-1;/h1-3H;1H2. The van der Waals surface area contributed by atoms with Gasteiger partial charge < -0.3 is 0 Å². The second-order valence-electron chi connectivity index (χ2n) is 0.688. The van der Waals surface area contributed by atoms with E-state index in [4.69, 9.17) is 0 Å². The predicted octanol–water partition coefficient (Wildman–Crippen LogP) is 1.26. The van der Waals surface area contributed by atoms with Crippen LogP contribution in [0.2, 0.25) is 0 Å². The quantitative estimate of drug-likeness (QED) is 0.501. The predicted molar refractivity (Wildman–Crippen MR) is 32.5 cm³/mol. The van der Waals surface area contributed by atoms with E-state index >= 15 is 0 Å². The van der Waals surface area contributed by atoms with Gasteiger partial charge in [0.2, 0.25) is 0 Å². The van der Waals surface area contributed by atoms with E-state index in [-0.39, 0.29) is 13.5 Å². The molecule has 6 heavy (non-hydrogen) atoms. The molecule has 0 radical (unpaired) electrons. The first-order valence-electron chi connectivity index (χ1n) is 1.34. The molecule has 1 aromatic rings. The van der Waals surface area contributed by atoms with Crippen LogP contribution in [0.1, 0.15) is 0 Å². The fourth-order valence-corrected chi connectivity index (χ4v) is 0.527. The molecule has 0 unspecified atom stereocenters. The van der Waals surface area contributed by atoms with Crippen LogP contribution < -0.4 is 0 Å². The SMILES string of the molecule is S.c1cnsc1. The lowest BCUT2D eigenvalue weighted by Crippen LogP contribution is -1.32. The van der Waals surface area contributed by atoms with Crippen molar-refractivity contribution in [1.82, 2.24) is 4.37 Å². The summed E-state index contributed by atoms with van der Waals surface area (Å²) in [6.07, 6.45) is 1.77. The van der Waals surface area contributed by atoms with Gasteiger partial charge in [0.15, 0.2) is 0 Å². The maximum atomic E-state index is 3.76. The number of hydrogen-bond donors (Lipinski definition) is 0. The molecular weight excluding hydrogens is 114 g/mol. The van der Waals surface area contributed by atoms with Gasteiger partial charge in [-0.3, -0.25) is 0 Å². The van der Waals surface area contributed by atoms with Crippen molar-refractivity contribution in [3.8, 4) is 0 Å². The average molecular weight is 119 g/mol. The van der Waals surface area contributed by atoms with Gasteiger partial charge in [-0.15, -0.1) is 0 Å². The van der Waals surface area contributed by atoms with Gasteiger partial charge in [0.1, 0.15) is 0 Å². The second-order valence-corrected chi connectivity index (χ2v) is 1.38. The molecule has 0 spiro atoms. The Hall–Kier alpha value is -0.0200. The first-order valence-corrected chi connectivity index (χ1v) is 2.18. The van der Waals surface area contributed by atoms with Crippen LogP contribution in [0.4, 0.5) is 0 Å². The normalized spacial score (nSPS) is 6.67. The Morgan fingerprint density at radius 2 is 2.33 bits per heavy atom. The van der Waals surface area contributed by atoms with Gasteiger partial charge in [-0.25, -0.2) is 4.37 Å². The second kappa shape index (κ2) is 3.18. The van der Waals surface area contributed by atoms with E-state index in [1.54, 1.807) is 6.20 Å². The summed E-state index contributed by atoms with van der Waals surface area (Å²) in [5.41, 5.74) is 0. The molecule has 0 bridgehead atoms. The molecule has 0 amide bonds. The van der Waals surface area contributed by atoms with E-state index in [9.17, 15) is 0 Å². The summed E-state index contributed by atoms with van der Waals surface area (Å²) in [4.78, 5) is 0. The molecule has 3 heteroatoms. The molecule has 0 saturated carbocycles. The van der Waals surface area contributed by atoms with Crippen molar-refractivity contribution in [2.24, 2.45) is 0 Å². The van der Waals surface area contributed by atoms with E-state index < -0.39 is 0 Å². The molecule has 1 rings (SSSR count). The molecule has 0 aromatic carbocycles. The third-order valence-electron chi connectivity index (χ3n) is 0.347. The number of aromatic nitrogens is 1. The van der Waals surface area contributed by atoms with Gasteiger partial charge in [-0.05, 0) is 17.6 Å². The minimum atomic E-state index is 0. The molecule has 0 atom stereocenters. The third-order valence-corrected chi connectivity index (χ3v) is 0.869. The van der Waals surface area contributed by atoms with Crippen molar-refractivity contribution in [1.29, 1.82) is 0 Å². The first-order chi connectivity index (χ1) is 2.50. The molecule has 1 heterocycles. The first kappa shape index (κ1) is 5.98. The maximum absolute atomic E-state index is 3.76. The van der Waals surface area contributed by atoms with Gasteiger partial charge in [0.05, 0.1) is 0 Å². The molecule has 0 aliphatic rings. The number of rotatable bonds is 0. The lowest BCUT2D eigenvalue weighted by Gasteiger charge is -1.41. The van der Waals surface area contributed by atoms with Crippen molar-refractivity contribution in [2.75, 3.05) is 0 Å². The Morgan fingerprint density at radius 3 is 2.50 bits per heavy atom. The molecule has 0 fully saturated rings. The molecule has 0 saturated heterocycles. The molecule has 0 aliphatic heterocycles. The molecule has 0 aliphatic carbocycles. The lowest BCUT2D eigenvalue weighted by molar-refractivity contribution is 1.58. The summed E-state index contributed by atoms with van der Waals surface area (Å²) >= 11 is 1.46. The van der Waals surface area contributed by atoms with Crippen LogP contribution in [-0.2, 0) is 0 Å². The summed E-state index contributed by atoms with van der Waals surface area (Å²) in [5.74, 6) is 0. The van der Waals surface area contributed by atoms with Crippen LogP contribution in [-0.4, -0.2) is 4.37 Å². The van der Waals surface area contributed by atoms with Crippen LogP contribution in [0, 0.1) is 0 Å². The monoisotopic (exact) mass is 119 g/mol. The number of nitrogens with zero attached hydrogens (tertiary/aromatic N) is 1. The van der Waals surface area contributed by atoms with Gasteiger partial charge in [0, 0.05) is 11.6 Å². The van der Waals surface area contributed by atoms with Crippen molar-refractivity contribution >= 4 is 25.0 Å². The Morgan fingerprint density at radius 1 is 1.50 bits per heavy atom. The largest absolute Gasteiger partial charge is 0.201 e. The Kier molecular flexibility index (Phi) is 3.17. The fraction of sp³-hybridized carbons (Fsp3) is 0. The smallest absolute Gasteiger partial charge is 0.0406 e. The van der Waals surface area contributed by atoms with Crippen molar-refractivity contribution in [3.05, 3.63) is 17.6 Å². The third kappa shape index (κ3) is 1.43. The molecule has 0 N–H and O–H groups in total.